The zero-order valence-corrected chi connectivity index (χ0v) is 15.6. The van der Waals surface area contributed by atoms with Crippen LogP contribution in [0.4, 0.5) is 40.6 Å². The minimum atomic E-state index is 0.485. The van der Waals surface area contributed by atoms with Crippen LogP contribution in [0.25, 0.3) is 0 Å². The van der Waals surface area contributed by atoms with Gasteiger partial charge in [0.25, 0.3) is 0 Å². The largest absolute Gasteiger partial charge is 0.399 e. The van der Waals surface area contributed by atoms with Gasteiger partial charge in [-0.3, -0.25) is 0 Å². The van der Waals surface area contributed by atoms with Gasteiger partial charge in [-0.15, -0.1) is 0 Å². The highest BCUT2D eigenvalue weighted by molar-refractivity contribution is 5.62. The molecule has 3 aromatic rings. The number of hydrogen-bond donors (Lipinski definition) is 4. The Labute approximate surface area is 164 Å². The van der Waals surface area contributed by atoms with E-state index < -0.39 is 0 Å². The number of nitrogens with two attached hydrogens (primary N) is 2. The number of anilines is 7. The van der Waals surface area contributed by atoms with E-state index in [0.717, 1.165) is 37.3 Å². The molecule has 8 nitrogen and oxygen atoms in total. The number of benzene rings is 2. The second-order valence-corrected chi connectivity index (χ2v) is 6.82. The van der Waals surface area contributed by atoms with Gasteiger partial charge in [-0.1, -0.05) is 0 Å². The van der Waals surface area contributed by atoms with Crippen molar-refractivity contribution in [1.29, 1.82) is 0 Å². The molecule has 1 aliphatic heterocycles. The number of nitrogens with one attached hydrogen (secondary N) is 2. The summed E-state index contributed by atoms with van der Waals surface area (Å²) in [7, 11) is 0. The molecule has 1 saturated heterocycles. The van der Waals surface area contributed by atoms with Crippen molar-refractivity contribution in [3.63, 3.8) is 0 Å². The van der Waals surface area contributed by atoms with Gasteiger partial charge in [-0.25, -0.2) is 0 Å². The summed E-state index contributed by atoms with van der Waals surface area (Å²) in [6.45, 7) is 1.90. The number of nitrogen functional groups attached to an aromatic ring is 2. The maximum Gasteiger partial charge on any atom is 0.233 e. The van der Waals surface area contributed by atoms with Crippen molar-refractivity contribution in [2.45, 2.75) is 19.3 Å². The molecule has 8 heteroatoms. The first-order valence-corrected chi connectivity index (χ1v) is 9.42. The van der Waals surface area contributed by atoms with Gasteiger partial charge in [-0.2, -0.15) is 15.0 Å². The topological polar surface area (TPSA) is 118 Å². The van der Waals surface area contributed by atoms with E-state index in [1.807, 2.05) is 48.5 Å². The Morgan fingerprint density at radius 1 is 0.643 bits per heavy atom. The van der Waals surface area contributed by atoms with Crippen LogP contribution in [0, 0.1) is 0 Å². The van der Waals surface area contributed by atoms with Crippen molar-refractivity contribution < 1.29 is 0 Å². The van der Waals surface area contributed by atoms with Gasteiger partial charge in [0.05, 0.1) is 0 Å². The highest BCUT2D eigenvalue weighted by atomic mass is 15.3. The van der Waals surface area contributed by atoms with Gasteiger partial charge in [-0.05, 0) is 67.8 Å². The van der Waals surface area contributed by atoms with E-state index in [0.29, 0.717) is 29.2 Å². The average Bonchev–Trinajstić information content (AvgIpc) is 2.72. The Hall–Kier alpha value is -3.55. The molecule has 0 amide bonds. The SMILES string of the molecule is Nc1ccc(Nc2nc(Nc3ccc(N)cc3)nc(N3CCCCC3)n2)cc1. The minimum absolute atomic E-state index is 0.485. The van der Waals surface area contributed by atoms with Gasteiger partial charge in [0.2, 0.25) is 17.8 Å². The molecule has 2 heterocycles. The molecule has 1 aromatic heterocycles. The van der Waals surface area contributed by atoms with Gasteiger partial charge in [0.15, 0.2) is 0 Å². The third kappa shape index (κ3) is 4.40. The fraction of sp³-hybridized carbons (Fsp3) is 0.250. The van der Waals surface area contributed by atoms with Crippen molar-refractivity contribution in [2.75, 3.05) is 40.1 Å². The molecule has 0 unspecified atom stereocenters. The van der Waals surface area contributed by atoms with Gasteiger partial charge in [0, 0.05) is 35.8 Å². The molecule has 0 saturated carbocycles. The normalized spacial score (nSPS) is 13.9. The average molecular weight is 376 g/mol. The molecule has 4 rings (SSSR count). The third-order valence-corrected chi connectivity index (χ3v) is 4.60. The Balaban J connectivity index is 1.63. The van der Waals surface area contributed by atoms with E-state index in [4.69, 9.17) is 11.5 Å². The van der Waals surface area contributed by atoms with Crippen LogP contribution in [0.15, 0.2) is 48.5 Å². The van der Waals surface area contributed by atoms with Crippen LogP contribution in [-0.2, 0) is 0 Å². The first-order chi connectivity index (χ1) is 13.7. The van der Waals surface area contributed by atoms with E-state index in [9.17, 15) is 0 Å². The first kappa shape index (κ1) is 17.8. The maximum atomic E-state index is 5.77. The van der Waals surface area contributed by atoms with E-state index in [1.54, 1.807) is 0 Å². The first-order valence-electron chi connectivity index (χ1n) is 9.42. The predicted octanol–water partition coefficient (Wildman–Crippen LogP) is 3.51. The van der Waals surface area contributed by atoms with Crippen LogP contribution in [0.1, 0.15) is 19.3 Å². The molecule has 0 radical (unpaired) electrons. The van der Waals surface area contributed by atoms with Crippen molar-refractivity contribution in [2.24, 2.45) is 0 Å². The molecule has 28 heavy (non-hydrogen) atoms. The lowest BCUT2D eigenvalue weighted by atomic mass is 10.1. The number of rotatable bonds is 5. The number of piperidine rings is 1. The lowest BCUT2D eigenvalue weighted by molar-refractivity contribution is 0.568. The standard InChI is InChI=1S/C20H24N8/c21-14-4-8-16(9-5-14)23-18-25-19(24-17-10-6-15(22)7-11-17)27-20(26-18)28-12-2-1-3-13-28/h4-11H,1-3,12-13,21-22H2,(H2,23,24,25,26,27). The minimum Gasteiger partial charge on any atom is -0.399 e. The Morgan fingerprint density at radius 3 is 1.57 bits per heavy atom. The zero-order valence-electron chi connectivity index (χ0n) is 15.6. The molecule has 0 bridgehead atoms. The van der Waals surface area contributed by atoms with Crippen LogP contribution in [-0.4, -0.2) is 28.0 Å². The summed E-state index contributed by atoms with van der Waals surface area (Å²) in [4.78, 5) is 16.0. The van der Waals surface area contributed by atoms with Crippen LogP contribution >= 0.6 is 0 Å². The van der Waals surface area contributed by atoms with E-state index >= 15 is 0 Å². The second kappa shape index (κ2) is 7.99. The highest BCUT2D eigenvalue weighted by Crippen LogP contribution is 2.23. The van der Waals surface area contributed by atoms with Crippen LogP contribution < -0.4 is 27.0 Å². The van der Waals surface area contributed by atoms with Crippen molar-refractivity contribution in [3.05, 3.63) is 48.5 Å². The van der Waals surface area contributed by atoms with Gasteiger partial charge < -0.3 is 27.0 Å². The quantitative estimate of drug-likeness (QED) is 0.500. The third-order valence-electron chi connectivity index (χ3n) is 4.60. The van der Waals surface area contributed by atoms with Crippen LogP contribution in [0.2, 0.25) is 0 Å². The fourth-order valence-corrected chi connectivity index (χ4v) is 3.10. The molecule has 2 aromatic carbocycles. The predicted molar refractivity (Wildman–Crippen MR) is 114 cm³/mol. The van der Waals surface area contributed by atoms with Gasteiger partial charge in [0.1, 0.15) is 0 Å². The molecule has 0 atom stereocenters. The lowest BCUT2D eigenvalue weighted by Gasteiger charge is -2.27. The van der Waals surface area contributed by atoms with Crippen molar-refractivity contribution >= 4 is 40.6 Å². The molecule has 144 valence electrons. The van der Waals surface area contributed by atoms with E-state index in [1.165, 1.54) is 6.42 Å². The fourth-order valence-electron chi connectivity index (χ4n) is 3.10. The Kier molecular flexibility index (Phi) is 5.09. The maximum absolute atomic E-state index is 5.77. The molecular weight excluding hydrogens is 352 g/mol. The van der Waals surface area contributed by atoms with Crippen LogP contribution in [0.3, 0.4) is 0 Å². The van der Waals surface area contributed by atoms with Gasteiger partial charge >= 0.3 is 0 Å². The second-order valence-electron chi connectivity index (χ2n) is 6.82. The summed E-state index contributed by atoms with van der Waals surface area (Å²) in [5, 5.41) is 6.48. The zero-order chi connectivity index (χ0) is 19.3. The summed E-state index contributed by atoms with van der Waals surface area (Å²) >= 11 is 0. The molecular formula is C20H24N8. The van der Waals surface area contributed by atoms with E-state index in [2.05, 4.69) is 30.5 Å². The van der Waals surface area contributed by atoms with E-state index in [-0.39, 0.29) is 0 Å². The van der Waals surface area contributed by atoms with Crippen molar-refractivity contribution in [1.82, 2.24) is 15.0 Å². The summed E-state index contributed by atoms with van der Waals surface area (Å²) in [6.07, 6.45) is 3.54. The number of nitrogens with zero attached hydrogens (tertiary/aromatic N) is 4. The molecule has 6 N–H and O–H groups in total. The number of hydrogen-bond acceptors (Lipinski definition) is 8. The Bertz CT molecular complexity index is 852. The van der Waals surface area contributed by atoms with Crippen LogP contribution in [0.5, 0.6) is 0 Å². The molecule has 0 spiro atoms. The highest BCUT2D eigenvalue weighted by Gasteiger charge is 2.16. The monoisotopic (exact) mass is 376 g/mol. The van der Waals surface area contributed by atoms with Crippen molar-refractivity contribution in [3.8, 4) is 0 Å². The summed E-state index contributed by atoms with van der Waals surface area (Å²) in [5.41, 5.74) is 14.7. The Morgan fingerprint density at radius 2 is 1.11 bits per heavy atom. The summed E-state index contributed by atoms with van der Waals surface area (Å²) in [5.74, 6) is 1.64. The number of aromatic nitrogens is 3. The molecule has 1 fully saturated rings. The molecule has 0 aliphatic carbocycles. The summed E-state index contributed by atoms with van der Waals surface area (Å²) in [6, 6.07) is 14.9. The summed E-state index contributed by atoms with van der Waals surface area (Å²) < 4.78 is 0. The lowest BCUT2D eigenvalue weighted by Crippen LogP contribution is -2.31. The molecule has 1 aliphatic rings. The smallest absolute Gasteiger partial charge is 0.233 e.